The summed E-state index contributed by atoms with van der Waals surface area (Å²) < 4.78 is 110. The Morgan fingerprint density at radius 3 is 2.14 bits per heavy atom. The van der Waals surface area contributed by atoms with E-state index in [0.717, 1.165) is 42.5 Å². The molecule has 4 aromatic carbocycles. The first-order valence-electron chi connectivity index (χ1n) is 13.1. The molecule has 0 fully saturated rings. The molecule has 0 radical (unpaired) electrons. The lowest BCUT2D eigenvalue weighted by atomic mass is 9.97. The van der Waals surface area contributed by atoms with Gasteiger partial charge in [-0.3, -0.25) is 9.10 Å². The lowest BCUT2D eigenvalue weighted by Crippen LogP contribution is -2.35. The van der Waals surface area contributed by atoms with Gasteiger partial charge in [0, 0.05) is 24.1 Å². The van der Waals surface area contributed by atoms with Crippen LogP contribution < -0.4 is 9.62 Å². The molecule has 0 aliphatic heterocycles. The number of alkyl halides is 3. The van der Waals surface area contributed by atoms with Crippen molar-refractivity contribution in [2.45, 2.75) is 43.4 Å². The van der Waals surface area contributed by atoms with Gasteiger partial charge in [-0.05, 0) is 90.7 Å². The Bertz CT molecular complexity index is 1750. The standard InChI is InChI=1S/C31H25ClF6N2O3S/c1-19(40(29-17-25(34)10-14-28(29)35)44(42,43)26-11-7-23(32)8-12-26)27-13-9-24(33)16-21(27)4-15-30(41)39-18-20-2-5-22(6-3-20)31(36,37)38/h2-3,5-14,16-17,19H,4,15,18H2,1H3,(H,39,41)/t19-/m1/s1. The van der Waals surface area contributed by atoms with Gasteiger partial charge in [0.25, 0.3) is 10.0 Å². The first-order valence-corrected chi connectivity index (χ1v) is 14.9. The van der Waals surface area contributed by atoms with Crippen LogP contribution in [-0.4, -0.2) is 14.3 Å². The van der Waals surface area contributed by atoms with Gasteiger partial charge in [0.05, 0.1) is 22.2 Å². The Morgan fingerprint density at radius 1 is 0.886 bits per heavy atom. The van der Waals surface area contributed by atoms with E-state index >= 15 is 4.39 Å². The summed E-state index contributed by atoms with van der Waals surface area (Å²) in [5.74, 6) is -3.10. The number of benzene rings is 4. The Hall–Kier alpha value is -4.03. The number of nitrogens with one attached hydrogen (secondary N) is 1. The predicted molar refractivity (Wildman–Crippen MR) is 154 cm³/mol. The molecule has 0 saturated carbocycles. The highest BCUT2D eigenvalue weighted by atomic mass is 35.5. The quantitative estimate of drug-likeness (QED) is 0.176. The SMILES string of the molecule is C[C@H](c1ccc(F)cc1CCC(=O)NCc1ccc(C(F)(F)F)cc1)N(c1cc(F)ccc1F)S(=O)(=O)c1ccc(Cl)cc1. The summed E-state index contributed by atoms with van der Waals surface area (Å²) in [5.41, 5.74) is -0.535. The highest BCUT2D eigenvalue weighted by Crippen LogP contribution is 2.37. The van der Waals surface area contributed by atoms with Crippen molar-refractivity contribution in [3.63, 3.8) is 0 Å². The number of hydrogen-bond donors (Lipinski definition) is 1. The molecule has 1 N–H and O–H groups in total. The average Bonchev–Trinajstić information content (AvgIpc) is 2.96. The van der Waals surface area contributed by atoms with E-state index in [0.29, 0.717) is 9.87 Å². The van der Waals surface area contributed by atoms with Gasteiger partial charge in [-0.1, -0.05) is 29.8 Å². The van der Waals surface area contributed by atoms with Crippen LogP contribution in [0.25, 0.3) is 0 Å². The van der Waals surface area contributed by atoms with Crippen LogP contribution in [0.5, 0.6) is 0 Å². The molecular weight excluding hydrogens is 630 g/mol. The fraction of sp³-hybridized carbons (Fsp3) is 0.194. The molecule has 0 aliphatic rings. The van der Waals surface area contributed by atoms with Gasteiger partial charge in [-0.2, -0.15) is 13.2 Å². The van der Waals surface area contributed by atoms with Gasteiger partial charge < -0.3 is 5.32 Å². The number of amides is 1. The highest BCUT2D eigenvalue weighted by Gasteiger charge is 2.34. The molecular formula is C31H25ClF6N2O3S. The van der Waals surface area contributed by atoms with Crippen molar-refractivity contribution in [1.82, 2.24) is 5.32 Å². The summed E-state index contributed by atoms with van der Waals surface area (Å²) in [6, 6.07) is 14.0. The molecule has 0 aromatic heterocycles. The Labute approximate surface area is 255 Å². The van der Waals surface area contributed by atoms with Crippen molar-refractivity contribution in [2.24, 2.45) is 0 Å². The molecule has 0 saturated heterocycles. The fourth-order valence-electron chi connectivity index (χ4n) is 4.59. The molecule has 44 heavy (non-hydrogen) atoms. The van der Waals surface area contributed by atoms with Crippen molar-refractivity contribution < 1.29 is 39.6 Å². The summed E-state index contributed by atoms with van der Waals surface area (Å²) in [7, 11) is -4.54. The maximum atomic E-state index is 15.1. The van der Waals surface area contributed by atoms with E-state index in [-0.39, 0.29) is 40.4 Å². The van der Waals surface area contributed by atoms with Crippen LogP contribution in [0, 0.1) is 17.5 Å². The van der Waals surface area contributed by atoms with E-state index in [2.05, 4.69) is 5.32 Å². The molecule has 4 rings (SSSR count). The number of carbonyl (C=O) groups excluding carboxylic acids is 1. The minimum absolute atomic E-state index is 0.0602. The summed E-state index contributed by atoms with van der Waals surface area (Å²) in [6.45, 7) is 1.36. The van der Waals surface area contributed by atoms with Gasteiger partial charge >= 0.3 is 6.18 Å². The largest absolute Gasteiger partial charge is 0.416 e. The molecule has 1 amide bonds. The summed E-state index contributed by atoms with van der Waals surface area (Å²) >= 11 is 5.91. The lowest BCUT2D eigenvalue weighted by molar-refractivity contribution is -0.137. The van der Waals surface area contributed by atoms with Crippen molar-refractivity contribution in [2.75, 3.05) is 4.31 Å². The Balaban J connectivity index is 1.60. The molecule has 1 atom stereocenters. The second-order valence-electron chi connectivity index (χ2n) is 9.84. The number of anilines is 1. The fourth-order valence-corrected chi connectivity index (χ4v) is 6.36. The molecule has 0 bridgehead atoms. The molecule has 5 nitrogen and oxygen atoms in total. The van der Waals surface area contributed by atoms with Gasteiger partial charge in [0.15, 0.2) is 0 Å². The topological polar surface area (TPSA) is 66.5 Å². The summed E-state index contributed by atoms with van der Waals surface area (Å²) in [4.78, 5) is 12.3. The second-order valence-corrected chi connectivity index (χ2v) is 12.1. The van der Waals surface area contributed by atoms with Crippen LogP contribution in [-0.2, 0) is 34.0 Å². The van der Waals surface area contributed by atoms with Gasteiger partial charge in [-0.15, -0.1) is 0 Å². The zero-order valence-electron chi connectivity index (χ0n) is 23.0. The molecule has 13 heteroatoms. The van der Waals surface area contributed by atoms with E-state index < -0.39 is 56.9 Å². The minimum Gasteiger partial charge on any atom is -0.352 e. The minimum atomic E-state index is -4.54. The molecule has 4 aromatic rings. The maximum absolute atomic E-state index is 15.1. The van der Waals surface area contributed by atoms with Crippen molar-refractivity contribution in [3.05, 3.63) is 130 Å². The number of halogens is 7. The van der Waals surface area contributed by atoms with Gasteiger partial charge in [0.1, 0.15) is 17.5 Å². The Morgan fingerprint density at radius 2 is 1.50 bits per heavy atom. The van der Waals surface area contributed by atoms with E-state index in [1.807, 2.05) is 0 Å². The van der Waals surface area contributed by atoms with Crippen LogP contribution in [0.2, 0.25) is 5.02 Å². The number of aryl methyl sites for hydroxylation is 1. The lowest BCUT2D eigenvalue weighted by Gasteiger charge is -2.32. The van der Waals surface area contributed by atoms with E-state index in [1.54, 1.807) is 0 Å². The van der Waals surface area contributed by atoms with Crippen LogP contribution in [0.4, 0.5) is 32.0 Å². The van der Waals surface area contributed by atoms with Crippen LogP contribution in [0.15, 0.2) is 89.8 Å². The first kappa shape index (κ1) is 32.9. The van der Waals surface area contributed by atoms with E-state index in [4.69, 9.17) is 11.6 Å². The summed E-state index contributed by atoms with van der Waals surface area (Å²) in [5, 5.41) is 2.83. The number of carbonyl (C=O) groups is 1. The second kappa shape index (κ2) is 13.3. The van der Waals surface area contributed by atoms with Gasteiger partial charge in [0.2, 0.25) is 5.91 Å². The van der Waals surface area contributed by atoms with Crippen molar-refractivity contribution >= 4 is 33.2 Å². The third kappa shape index (κ3) is 7.72. The van der Waals surface area contributed by atoms with Crippen molar-refractivity contribution in [3.8, 4) is 0 Å². The third-order valence-corrected chi connectivity index (χ3v) is 8.97. The van der Waals surface area contributed by atoms with Crippen LogP contribution in [0.1, 0.15) is 41.6 Å². The van der Waals surface area contributed by atoms with E-state index in [9.17, 15) is 35.2 Å². The normalized spacial score (nSPS) is 12.5. The molecule has 232 valence electrons. The van der Waals surface area contributed by atoms with Gasteiger partial charge in [-0.25, -0.2) is 21.6 Å². The molecule has 0 unspecified atom stereocenters. The van der Waals surface area contributed by atoms with E-state index in [1.165, 1.54) is 49.4 Å². The third-order valence-electron chi connectivity index (χ3n) is 6.82. The highest BCUT2D eigenvalue weighted by molar-refractivity contribution is 7.92. The first-order chi connectivity index (χ1) is 20.7. The summed E-state index contributed by atoms with van der Waals surface area (Å²) in [6.07, 6.45) is -4.76. The molecule has 0 spiro atoms. The maximum Gasteiger partial charge on any atom is 0.416 e. The predicted octanol–water partition coefficient (Wildman–Crippen LogP) is 7.98. The average molecular weight is 655 g/mol. The zero-order valence-corrected chi connectivity index (χ0v) is 24.6. The molecule has 0 aliphatic carbocycles. The number of sulfonamides is 1. The number of nitrogens with zero attached hydrogens (tertiary/aromatic N) is 1. The van der Waals surface area contributed by atoms with Crippen LogP contribution >= 0.6 is 11.6 Å². The number of hydrogen-bond acceptors (Lipinski definition) is 3. The number of rotatable bonds is 10. The van der Waals surface area contributed by atoms with Crippen molar-refractivity contribution in [1.29, 1.82) is 0 Å². The smallest absolute Gasteiger partial charge is 0.352 e. The monoisotopic (exact) mass is 654 g/mol. The molecule has 0 heterocycles. The van der Waals surface area contributed by atoms with Crippen LogP contribution in [0.3, 0.4) is 0 Å². The Kier molecular flexibility index (Phi) is 9.94. The zero-order chi connectivity index (χ0) is 32.2.